The molecule has 0 radical (unpaired) electrons. The number of aryl methyl sites for hydroxylation is 2. The molecule has 2 N–H and O–H groups in total. The molecule has 3 aromatic rings. The van der Waals surface area contributed by atoms with Crippen molar-refractivity contribution in [3.63, 3.8) is 0 Å². The molecule has 1 aromatic heterocycles. The Morgan fingerprint density at radius 3 is 2.88 bits per heavy atom. The van der Waals surface area contributed by atoms with Crippen molar-refractivity contribution >= 4 is 10.9 Å². The topological polar surface area (TPSA) is 37.0 Å². The average molecular weight is 338 g/mol. The molecule has 0 bridgehead atoms. The molecule has 25 heavy (non-hydrogen) atoms. The van der Waals surface area contributed by atoms with Gasteiger partial charge in [-0.3, -0.25) is 0 Å². The van der Waals surface area contributed by atoms with Crippen LogP contribution in [0, 0.1) is 12.7 Å². The molecule has 130 valence electrons. The van der Waals surface area contributed by atoms with Crippen LogP contribution in [0.3, 0.4) is 0 Å². The molecule has 2 aromatic carbocycles. The Morgan fingerprint density at radius 1 is 1.20 bits per heavy atom. The van der Waals surface area contributed by atoms with Crippen LogP contribution in [0.15, 0.2) is 42.5 Å². The van der Waals surface area contributed by atoms with E-state index in [1.807, 2.05) is 0 Å². The van der Waals surface area contributed by atoms with Gasteiger partial charge < -0.3 is 15.0 Å². The Bertz CT molecular complexity index is 869. The van der Waals surface area contributed by atoms with Gasteiger partial charge in [-0.25, -0.2) is 4.39 Å². The molecule has 0 saturated heterocycles. The van der Waals surface area contributed by atoms with Crippen molar-refractivity contribution in [2.45, 2.75) is 32.2 Å². The first kappa shape index (κ1) is 16.2. The maximum Gasteiger partial charge on any atom is 0.123 e. The van der Waals surface area contributed by atoms with Gasteiger partial charge >= 0.3 is 0 Å². The number of rotatable bonds is 5. The number of H-pyrrole nitrogens is 1. The van der Waals surface area contributed by atoms with E-state index in [0.29, 0.717) is 18.4 Å². The molecule has 0 fully saturated rings. The minimum absolute atomic E-state index is 0.241. The van der Waals surface area contributed by atoms with Crippen LogP contribution in [-0.4, -0.2) is 18.1 Å². The number of aromatic amines is 1. The standard InChI is InChI=1S/C21H23FN2O/c1-14-5-10-19-18(13-14)17-3-2-4-20(21(17)24-19)23-11-12-25-16-8-6-15(22)7-9-16/h5-10,13,20,23-24H,2-4,11-12H2,1H3. The summed E-state index contributed by atoms with van der Waals surface area (Å²) in [5.41, 5.74) is 5.32. The van der Waals surface area contributed by atoms with Crippen LogP contribution in [-0.2, 0) is 6.42 Å². The Balaban J connectivity index is 1.41. The molecule has 0 amide bonds. The number of hydrogen-bond donors (Lipinski definition) is 2. The summed E-state index contributed by atoms with van der Waals surface area (Å²) in [6, 6.07) is 13.1. The van der Waals surface area contributed by atoms with E-state index in [2.05, 4.69) is 35.4 Å². The van der Waals surface area contributed by atoms with E-state index in [4.69, 9.17) is 4.74 Å². The molecule has 4 heteroatoms. The molecule has 0 spiro atoms. The lowest BCUT2D eigenvalue weighted by atomic mass is 9.91. The lowest BCUT2D eigenvalue weighted by Crippen LogP contribution is -2.29. The predicted octanol–water partition coefficient (Wildman–Crippen LogP) is 4.66. The molecular formula is C21H23FN2O. The second-order valence-electron chi connectivity index (χ2n) is 6.77. The predicted molar refractivity (Wildman–Crippen MR) is 98.6 cm³/mol. The van der Waals surface area contributed by atoms with Crippen LogP contribution in [0.1, 0.15) is 35.7 Å². The number of aromatic nitrogens is 1. The highest BCUT2D eigenvalue weighted by Crippen LogP contribution is 2.34. The average Bonchev–Trinajstić information content (AvgIpc) is 2.99. The lowest BCUT2D eigenvalue weighted by Gasteiger charge is -2.24. The van der Waals surface area contributed by atoms with Gasteiger partial charge in [-0.15, -0.1) is 0 Å². The van der Waals surface area contributed by atoms with E-state index in [1.165, 1.54) is 46.3 Å². The fourth-order valence-corrected chi connectivity index (χ4v) is 3.71. The Morgan fingerprint density at radius 2 is 2.04 bits per heavy atom. The van der Waals surface area contributed by atoms with Gasteiger partial charge in [-0.2, -0.15) is 0 Å². The van der Waals surface area contributed by atoms with E-state index in [9.17, 15) is 4.39 Å². The molecule has 1 aliphatic carbocycles. The fourth-order valence-electron chi connectivity index (χ4n) is 3.71. The Labute approximate surface area is 147 Å². The zero-order valence-electron chi connectivity index (χ0n) is 14.4. The maximum atomic E-state index is 12.9. The Kier molecular flexibility index (Phi) is 4.45. The summed E-state index contributed by atoms with van der Waals surface area (Å²) in [7, 11) is 0. The van der Waals surface area contributed by atoms with Crippen molar-refractivity contribution in [3.8, 4) is 5.75 Å². The van der Waals surface area contributed by atoms with Crippen LogP contribution < -0.4 is 10.1 Å². The van der Waals surface area contributed by atoms with Crippen LogP contribution in [0.5, 0.6) is 5.75 Å². The Hall–Kier alpha value is -2.33. The van der Waals surface area contributed by atoms with Gasteiger partial charge in [0, 0.05) is 29.2 Å². The second kappa shape index (κ2) is 6.89. The number of benzene rings is 2. The van der Waals surface area contributed by atoms with Gasteiger partial charge in [0.25, 0.3) is 0 Å². The molecule has 1 atom stereocenters. The molecule has 4 rings (SSSR count). The summed E-state index contributed by atoms with van der Waals surface area (Å²) in [4.78, 5) is 3.61. The third-order valence-corrected chi connectivity index (χ3v) is 4.94. The maximum absolute atomic E-state index is 12.9. The third kappa shape index (κ3) is 3.40. The molecule has 3 nitrogen and oxygen atoms in total. The van der Waals surface area contributed by atoms with Gasteiger partial charge in [0.15, 0.2) is 0 Å². The third-order valence-electron chi connectivity index (χ3n) is 4.94. The van der Waals surface area contributed by atoms with E-state index in [0.717, 1.165) is 19.4 Å². The summed E-state index contributed by atoms with van der Waals surface area (Å²) < 4.78 is 18.6. The minimum Gasteiger partial charge on any atom is -0.492 e. The number of halogens is 1. The molecule has 1 heterocycles. The molecule has 1 aliphatic rings. The minimum atomic E-state index is -0.241. The van der Waals surface area contributed by atoms with Crippen molar-refractivity contribution in [2.24, 2.45) is 0 Å². The van der Waals surface area contributed by atoms with Crippen LogP contribution in [0.4, 0.5) is 4.39 Å². The fraction of sp³-hybridized carbons (Fsp3) is 0.333. The highest BCUT2D eigenvalue weighted by atomic mass is 19.1. The summed E-state index contributed by atoms with van der Waals surface area (Å²) >= 11 is 0. The molecular weight excluding hydrogens is 315 g/mol. The number of hydrogen-bond acceptors (Lipinski definition) is 2. The molecule has 0 aliphatic heterocycles. The lowest BCUT2D eigenvalue weighted by molar-refractivity contribution is 0.299. The van der Waals surface area contributed by atoms with Gasteiger partial charge in [0.05, 0.1) is 0 Å². The van der Waals surface area contributed by atoms with Crippen LogP contribution >= 0.6 is 0 Å². The van der Waals surface area contributed by atoms with E-state index in [1.54, 1.807) is 12.1 Å². The van der Waals surface area contributed by atoms with Crippen LogP contribution in [0.2, 0.25) is 0 Å². The summed E-state index contributed by atoms with van der Waals surface area (Å²) in [6.07, 6.45) is 3.47. The number of ether oxygens (including phenoxy) is 1. The monoisotopic (exact) mass is 338 g/mol. The van der Waals surface area contributed by atoms with Gasteiger partial charge in [0.1, 0.15) is 18.2 Å². The normalized spacial score (nSPS) is 16.8. The first-order valence-corrected chi connectivity index (χ1v) is 8.93. The van der Waals surface area contributed by atoms with E-state index >= 15 is 0 Å². The number of nitrogens with one attached hydrogen (secondary N) is 2. The summed E-state index contributed by atoms with van der Waals surface area (Å²) in [5.74, 6) is 0.461. The van der Waals surface area contributed by atoms with Crippen LogP contribution in [0.25, 0.3) is 10.9 Å². The summed E-state index contributed by atoms with van der Waals surface area (Å²) in [6.45, 7) is 3.47. The first-order valence-electron chi connectivity index (χ1n) is 8.93. The van der Waals surface area contributed by atoms with Gasteiger partial charge in [-0.1, -0.05) is 11.6 Å². The van der Waals surface area contributed by atoms with E-state index < -0.39 is 0 Å². The molecule has 1 unspecified atom stereocenters. The van der Waals surface area contributed by atoms with Gasteiger partial charge in [0.2, 0.25) is 0 Å². The second-order valence-corrected chi connectivity index (χ2v) is 6.77. The first-order chi connectivity index (χ1) is 12.2. The largest absolute Gasteiger partial charge is 0.492 e. The summed E-state index contributed by atoms with van der Waals surface area (Å²) in [5, 5.41) is 4.97. The zero-order chi connectivity index (χ0) is 17.2. The van der Waals surface area contributed by atoms with Crippen molar-refractivity contribution in [1.29, 1.82) is 0 Å². The highest BCUT2D eigenvalue weighted by molar-refractivity contribution is 5.85. The van der Waals surface area contributed by atoms with Crippen molar-refractivity contribution in [1.82, 2.24) is 10.3 Å². The van der Waals surface area contributed by atoms with E-state index in [-0.39, 0.29) is 5.82 Å². The quantitative estimate of drug-likeness (QED) is 0.664. The SMILES string of the molecule is Cc1ccc2[nH]c3c(c2c1)CCCC3NCCOc1ccc(F)cc1. The smallest absolute Gasteiger partial charge is 0.123 e. The molecule has 0 saturated carbocycles. The zero-order valence-corrected chi connectivity index (χ0v) is 14.4. The van der Waals surface area contributed by atoms with Crippen molar-refractivity contribution < 1.29 is 9.13 Å². The number of fused-ring (bicyclic) bond motifs is 3. The van der Waals surface area contributed by atoms with Crippen molar-refractivity contribution in [3.05, 3.63) is 65.1 Å². The van der Waals surface area contributed by atoms with Gasteiger partial charge in [-0.05, 0) is 68.1 Å². The highest BCUT2D eigenvalue weighted by Gasteiger charge is 2.23. The van der Waals surface area contributed by atoms with Crippen molar-refractivity contribution in [2.75, 3.05) is 13.2 Å².